The Hall–Kier alpha value is -2.84. The molecule has 0 aliphatic heterocycles. The van der Waals surface area contributed by atoms with Crippen LogP contribution in [0.3, 0.4) is 0 Å². The van der Waals surface area contributed by atoms with Crippen LogP contribution in [0.2, 0.25) is 0 Å². The highest BCUT2D eigenvalue weighted by molar-refractivity contribution is 5.82. The van der Waals surface area contributed by atoms with Crippen LogP contribution in [0.5, 0.6) is 0 Å². The molecule has 0 bridgehead atoms. The van der Waals surface area contributed by atoms with Crippen LogP contribution in [0.4, 0.5) is 4.79 Å². The first-order valence-corrected chi connectivity index (χ1v) is 5.87. The normalized spacial score (nSPS) is 11.8. The summed E-state index contributed by atoms with van der Waals surface area (Å²) < 4.78 is 0. The van der Waals surface area contributed by atoms with E-state index in [0.29, 0.717) is 5.69 Å². The van der Waals surface area contributed by atoms with Crippen LogP contribution in [0.25, 0.3) is 0 Å². The number of imidazole rings is 1. The largest absolute Gasteiger partial charge is 0.480 e. The first-order valence-electron chi connectivity index (χ1n) is 5.87. The van der Waals surface area contributed by atoms with Crippen molar-refractivity contribution in [2.75, 3.05) is 0 Å². The lowest BCUT2D eigenvalue weighted by Gasteiger charge is -2.14. The fourth-order valence-electron chi connectivity index (χ4n) is 1.58. The molecule has 2 aromatic rings. The smallest absolute Gasteiger partial charge is 0.326 e. The molecule has 0 saturated carbocycles. The van der Waals surface area contributed by atoms with E-state index in [0.717, 1.165) is 5.56 Å². The molecule has 9 nitrogen and oxygen atoms in total. The summed E-state index contributed by atoms with van der Waals surface area (Å²) in [6.07, 6.45) is 6.31. The maximum Gasteiger partial charge on any atom is 0.326 e. The molecule has 0 saturated heterocycles. The molecule has 106 valence electrons. The lowest BCUT2D eigenvalue weighted by atomic mass is 10.2. The van der Waals surface area contributed by atoms with Gasteiger partial charge in [-0.05, 0) is 0 Å². The molecular weight excluding hydrogens is 264 g/mol. The Morgan fingerprint density at radius 2 is 2.25 bits per heavy atom. The van der Waals surface area contributed by atoms with Crippen molar-refractivity contribution in [3.8, 4) is 0 Å². The summed E-state index contributed by atoms with van der Waals surface area (Å²) in [5, 5.41) is 20.4. The third kappa shape index (κ3) is 3.83. The number of aliphatic carboxylic acids is 1. The Morgan fingerprint density at radius 3 is 2.85 bits per heavy atom. The van der Waals surface area contributed by atoms with Crippen molar-refractivity contribution >= 4 is 12.0 Å². The van der Waals surface area contributed by atoms with Crippen molar-refractivity contribution in [1.29, 1.82) is 0 Å². The number of carbonyl (C=O) groups excluding carboxylic acids is 1. The third-order valence-electron chi connectivity index (χ3n) is 2.59. The zero-order chi connectivity index (χ0) is 14.4. The van der Waals surface area contributed by atoms with Gasteiger partial charge in [0, 0.05) is 36.6 Å². The average Bonchev–Trinajstić information content (AvgIpc) is 3.08. The van der Waals surface area contributed by atoms with Gasteiger partial charge in [-0.2, -0.15) is 5.10 Å². The fourth-order valence-corrected chi connectivity index (χ4v) is 1.58. The molecule has 0 aromatic carbocycles. The molecule has 2 aromatic heterocycles. The minimum atomic E-state index is -1.11. The van der Waals surface area contributed by atoms with Gasteiger partial charge < -0.3 is 20.7 Å². The highest BCUT2D eigenvalue weighted by atomic mass is 16.4. The van der Waals surface area contributed by atoms with Gasteiger partial charge in [0.2, 0.25) is 0 Å². The topological polar surface area (TPSA) is 136 Å². The number of rotatable bonds is 6. The second-order valence-electron chi connectivity index (χ2n) is 4.11. The number of amides is 2. The molecule has 20 heavy (non-hydrogen) atoms. The number of aromatic amines is 2. The lowest BCUT2D eigenvalue weighted by molar-refractivity contribution is -0.139. The summed E-state index contributed by atoms with van der Waals surface area (Å²) in [7, 11) is 0. The number of carboxylic acids is 1. The van der Waals surface area contributed by atoms with Crippen LogP contribution < -0.4 is 10.6 Å². The van der Waals surface area contributed by atoms with Crippen molar-refractivity contribution in [3.63, 3.8) is 0 Å². The number of urea groups is 1. The highest BCUT2D eigenvalue weighted by Crippen LogP contribution is 1.99. The molecule has 9 heteroatoms. The number of hydrogen-bond acceptors (Lipinski definition) is 4. The van der Waals surface area contributed by atoms with Gasteiger partial charge in [-0.3, -0.25) is 5.10 Å². The highest BCUT2D eigenvalue weighted by Gasteiger charge is 2.20. The molecule has 0 spiro atoms. The Labute approximate surface area is 113 Å². The fraction of sp³-hybridized carbons (Fsp3) is 0.273. The van der Waals surface area contributed by atoms with E-state index >= 15 is 0 Å². The predicted octanol–water partition coefficient (Wildman–Crippen LogP) is -0.372. The second-order valence-corrected chi connectivity index (χ2v) is 4.11. The lowest BCUT2D eigenvalue weighted by Crippen LogP contribution is -2.46. The number of H-pyrrole nitrogens is 2. The van der Waals surface area contributed by atoms with E-state index < -0.39 is 18.0 Å². The van der Waals surface area contributed by atoms with Crippen LogP contribution in [0.1, 0.15) is 11.3 Å². The minimum Gasteiger partial charge on any atom is -0.480 e. The minimum absolute atomic E-state index is 0.133. The van der Waals surface area contributed by atoms with Crippen LogP contribution in [-0.4, -0.2) is 43.3 Å². The summed E-state index contributed by atoms with van der Waals surface area (Å²) in [5.74, 6) is -1.11. The average molecular weight is 278 g/mol. The molecule has 0 unspecified atom stereocenters. The summed E-state index contributed by atoms with van der Waals surface area (Å²) in [5.41, 5.74) is 1.42. The molecule has 2 heterocycles. The molecule has 0 aliphatic rings. The Balaban J connectivity index is 1.84. The van der Waals surface area contributed by atoms with Gasteiger partial charge in [0.1, 0.15) is 6.04 Å². The van der Waals surface area contributed by atoms with Crippen molar-refractivity contribution in [2.45, 2.75) is 19.0 Å². The van der Waals surface area contributed by atoms with E-state index in [4.69, 9.17) is 5.11 Å². The molecule has 1 atom stereocenters. The van der Waals surface area contributed by atoms with Gasteiger partial charge in [0.05, 0.1) is 12.5 Å². The quantitative estimate of drug-likeness (QED) is 0.491. The van der Waals surface area contributed by atoms with E-state index in [1.807, 2.05) is 0 Å². The molecule has 5 N–H and O–H groups in total. The van der Waals surface area contributed by atoms with E-state index in [9.17, 15) is 9.59 Å². The van der Waals surface area contributed by atoms with E-state index in [1.165, 1.54) is 12.5 Å². The predicted molar refractivity (Wildman–Crippen MR) is 67.7 cm³/mol. The zero-order valence-electron chi connectivity index (χ0n) is 10.5. The van der Waals surface area contributed by atoms with E-state index in [2.05, 4.69) is 30.8 Å². The van der Waals surface area contributed by atoms with Crippen LogP contribution in [0, 0.1) is 0 Å². The maximum atomic E-state index is 11.6. The SMILES string of the molecule is O=C(NCc1cn[nH]c1)N[C@H](Cc1cnc[nH]1)C(=O)O. The summed E-state index contributed by atoms with van der Waals surface area (Å²) in [6, 6.07) is -1.59. The second kappa shape index (κ2) is 6.36. The number of hydrogen-bond donors (Lipinski definition) is 5. The van der Waals surface area contributed by atoms with Crippen molar-refractivity contribution < 1.29 is 14.7 Å². The number of nitrogens with one attached hydrogen (secondary N) is 4. The van der Waals surface area contributed by atoms with Gasteiger partial charge in [0.25, 0.3) is 0 Å². The van der Waals surface area contributed by atoms with Crippen molar-refractivity contribution in [3.05, 3.63) is 36.2 Å². The maximum absolute atomic E-state index is 11.6. The molecule has 0 aliphatic carbocycles. The number of carbonyl (C=O) groups is 2. The third-order valence-corrected chi connectivity index (χ3v) is 2.59. The van der Waals surface area contributed by atoms with Crippen molar-refractivity contribution in [1.82, 2.24) is 30.8 Å². The van der Waals surface area contributed by atoms with Gasteiger partial charge >= 0.3 is 12.0 Å². The van der Waals surface area contributed by atoms with Gasteiger partial charge in [-0.25, -0.2) is 14.6 Å². The molecule has 0 radical (unpaired) electrons. The molecule has 2 rings (SSSR count). The Bertz CT molecular complexity index is 551. The van der Waals surface area contributed by atoms with Crippen LogP contribution >= 0.6 is 0 Å². The van der Waals surface area contributed by atoms with Crippen LogP contribution in [-0.2, 0) is 17.8 Å². The molecule has 0 fully saturated rings. The van der Waals surface area contributed by atoms with E-state index in [-0.39, 0.29) is 13.0 Å². The first-order chi connectivity index (χ1) is 9.65. The summed E-state index contributed by atoms with van der Waals surface area (Å²) in [6.45, 7) is 0.263. The number of aromatic nitrogens is 4. The summed E-state index contributed by atoms with van der Waals surface area (Å²) >= 11 is 0. The summed E-state index contributed by atoms with van der Waals surface area (Å²) in [4.78, 5) is 29.3. The van der Waals surface area contributed by atoms with Gasteiger partial charge in [-0.15, -0.1) is 0 Å². The monoisotopic (exact) mass is 278 g/mol. The van der Waals surface area contributed by atoms with Crippen molar-refractivity contribution in [2.24, 2.45) is 0 Å². The molecular formula is C11H14N6O3. The first kappa shape index (κ1) is 13.6. The standard InChI is InChI=1S/C11H14N6O3/c18-10(19)9(1-8-5-12-6-14-8)17-11(20)13-2-7-3-15-16-4-7/h3-6,9H,1-2H2,(H,12,14)(H,15,16)(H,18,19)(H2,13,17,20)/t9-/m1/s1. The van der Waals surface area contributed by atoms with Crippen LogP contribution in [0.15, 0.2) is 24.9 Å². The Kier molecular flexibility index (Phi) is 4.32. The van der Waals surface area contributed by atoms with Gasteiger partial charge in [0.15, 0.2) is 0 Å². The zero-order valence-corrected chi connectivity index (χ0v) is 10.5. The number of nitrogens with zero attached hydrogens (tertiary/aromatic N) is 2. The van der Waals surface area contributed by atoms with E-state index in [1.54, 1.807) is 12.4 Å². The number of carboxylic acid groups (broad SMARTS) is 1. The molecule has 2 amide bonds. The Morgan fingerprint density at radius 1 is 1.40 bits per heavy atom. The van der Waals surface area contributed by atoms with Gasteiger partial charge in [-0.1, -0.05) is 0 Å².